The van der Waals surface area contributed by atoms with Gasteiger partial charge in [0.15, 0.2) is 0 Å². The fourth-order valence-corrected chi connectivity index (χ4v) is 0.904. The lowest BCUT2D eigenvalue weighted by atomic mass is 10.7. The quantitative estimate of drug-likeness (QED) is 0.389. The molecule has 0 bridgehead atoms. The lowest BCUT2D eigenvalue weighted by molar-refractivity contribution is -0.237. The Hall–Kier alpha value is -0.510. The SMILES string of the molecule is [C-]#[N+]CCSC(F)(F)C(F)(F)F. The van der Waals surface area contributed by atoms with Gasteiger partial charge in [-0.15, -0.1) is 0 Å². The molecule has 0 aliphatic rings. The maximum absolute atomic E-state index is 12.0. The zero-order valence-corrected chi connectivity index (χ0v) is 6.48. The van der Waals surface area contributed by atoms with Crippen molar-refractivity contribution in [2.45, 2.75) is 11.4 Å². The summed E-state index contributed by atoms with van der Waals surface area (Å²) in [5.74, 6) is -0.518. The second-order valence-corrected chi connectivity index (χ2v) is 2.95. The number of hydrogen-bond donors (Lipinski definition) is 0. The third-order valence-corrected chi connectivity index (χ3v) is 1.80. The largest absolute Gasteiger partial charge is 0.464 e. The number of nitrogens with zero attached hydrogens (tertiary/aromatic N) is 1. The number of hydrogen-bond acceptors (Lipinski definition) is 1. The molecule has 0 saturated heterocycles. The standard InChI is InChI=1S/C5H4F5NS/c1-11-2-3-12-5(9,10)4(6,7)8/h2-3H2. The summed E-state index contributed by atoms with van der Waals surface area (Å²) in [6.45, 7) is 5.81. The van der Waals surface area contributed by atoms with E-state index in [0.29, 0.717) is 0 Å². The minimum atomic E-state index is -5.53. The molecule has 1 nitrogen and oxygen atoms in total. The molecular formula is C5H4F5NS. The Kier molecular flexibility index (Phi) is 3.77. The highest BCUT2D eigenvalue weighted by Gasteiger charge is 2.57. The van der Waals surface area contributed by atoms with E-state index in [9.17, 15) is 22.0 Å². The Morgan fingerprint density at radius 3 is 2.00 bits per heavy atom. The topological polar surface area (TPSA) is 4.36 Å². The summed E-state index contributed by atoms with van der Waals surface area (Å²) in [5.41, 5.74) is 0. The summed E-state index contributed by atoms with van der Waals surface area (Å²) in [6.07, 6.45) is -5.53. The highest BCUT2D eigenvalue weighted by Crippen LogP contribution is 2.43. The highest BCUT2D eigenvalue weighted by molar-refractivity contribution is 8.00. The molecule has 0 amide bonds. The molecule has 0 aromatic rings. The molecule has 70 valence electrons. The highest BCUT2D eigenvalue weighted by atomic mass is 32.2. The van der Waals surface area contributed by atoms with Crippen molar-refractivity contribution in [1.82, 2.24) is 0 Å². The molecule has 0 saturated carbocycles. The molecule has 0 aliphatic heterocycles. The molecular weight excluding hydrogens is 201 g/mol. The van der Waals surface area contributed by atoms with Crippen LogP contribution in [-0.2, 0) is 0 Å². The zero-order chi connectivity index (χ0) is 9.83. The monoisotopic (exact) mass is 205 g/mol. The van der Waals surface area contributed by atoms with Gasteiger partial charge in [0, 0.05) is 0 Å². The summed E-state index contributed by atoms with van der Waals surface area (Å²) in [4.78, 5) is 2.65. The van der Waals surface area contributed by atoms with Gasteiger partial charge in [-0.3, -0.25) is 0 Å². The van der Waals surface area contributed by atoms with Crippen molar-refractivity contribution >= 4 is 11.8 Å². The van der Waals surface area contributed by atoms with E-state index in [1.54, 1.807) is 0 Å². The summed E-state index contributed by atoms with van der Waals surface area (Å²) in [7, 11) is 0. The van der Waals surface area contributed by atoms with Gasteiger partial charge in [0.1, 0.15) is 0 Å². The van der Waals surface area contributed by atoms with Crippen LogP contribution < -0.4 is 0 Å². The van der Waals surface area contributed by atoms with Crippen LogP contribution in [0.25, 0.3) is 4.85 Å². The van der Waals surface area contributed by atoms with Crippen molar-refractivity contribution < 1.29 is 22.0 Å². The fraction of sp³-hybridized carbons (Fsp3) is 0.800. The van der Waals surface area contributed by atoms with Gasteiger partial charge >= 0.3 is 11.4 Å². The molecule has 0 radical (unpaired) electrons. The fourth-order valence-electron chi connectivity index (χ4n) is 0.301. The van der Waals surface area contributed by atoms with Gasteiger partial charge in [0.05, 0.1) is 5.75 Å². The molecule has 0 fully saturated rings. The molecule has 0 spiro atoms. The van der Waals surface area contributed by atoms with E-state index in [4.69, 9.17) is 6.57 Å². The van der Waals surface area contributed by atoms with Gasteiger partial charge < -0.3 is 4.85 Å². The average Bonchev–Trinajstić information content (AvgIpc) is 1.85. The maximum Gasteiger partial charge on any atom is 0.464 e. The molecule has 0 aliphatic carbocycles. The summed E-state index contributed by atoms with van der Waals surface area (Å²) in [5, 5.41) is -4.74. The molecule has 0 atom stereocenters. The molecule has 12 heavy (non-hydrogen) atoms. The molecule has 7 heteroatoms. The van der Waals surface area contributed by atoms with E-state index in [-0.39, 0.29) is 6.54 Å². The van der Waals surface area contributed by atoms with Gasteiger partial charge in [-0.2, -0.15) is 22.0 Å². The van der Waals surface area contributed by atoms with Crippen LogP contribution in [0.4, 0.5) is 22.0 Å². The number of rotatable bonds is 3. The zero-order valence-electron chi connectivity index (χ0n) is 5.66. The Morgan fingerprint density at radius 1 is 1.17 bits per heavy atom. The predicted octanol–water partition coefficient (Wildman–Crippen LogP) is 2.79. The third-order valence-electron chi connectivity index (χ3n) is 0.816. The maximum atomic E-state index is 12.0. The lowest BCUT2D eigenvalue weighted by Crippen LogP contribution is -2.33. The van der Waals surface area contributed by atoms with E-state index >= 15 is 0 Å². The van der Waals surface area contributed by atoms with E-state index in [1.807, 2.05) is 0 Å². The molecule has 0 aromatic heterocycles. The lowest BCUT2D eigenvalue weighted by Gasteiger charge is -2.17. The first-order valence-electron chi connectivity index (χ1n) is 2.73. The van der Waals surface area contributed by atoms with Crippen molar-refractivity contribution in [3.8, 4) is 0 Å². The van der Waals surface area contributed by atoms with Crippen molar-refractivity contribution in [2.24, 2.45) is 0 Å². The third kappa shape index (κ3) is 3.26. The van der Waals surface area contributed by atoms with Crippen molar-refractivity contribution in [1.29, 1.82) is 0 Å². The first-order valence-corrected chi connectivity index (χ1v) is 3.71. The Bertz CT molecular complexity index is 181. The van der Waals surface area contributed by atoms with Crippen molar-refractivity contribution in [3.05, 3.63) is 11.4 Å². The molecule has 0 heterocycles. The summed E-state index contributed by atoms with van der Waals surface area (Å²) in [6, 6.07) is 0. The Balaban J connectivity index is 3.98. The van der Waals surface area contributed by atoms with Gasteiger partial charge in [-0.1, -0.05) is 11.8 Å². The molecule has 0 N–H and O–H groups in total. The van der Waals surface area contributed by atoms with E-state index in [0.717, 1.165) is 0 Å². The number of thioether (sulfide) groups is 1. The second kappa shape index (κ2) is 3.94. The minimum absolute atomic E-state index is 0.337. The van der Waals surface area contributed by atoms with Gasteiger partial charge in [-0.05, 0) is 0 Å². The summed E-state index contributed by atoms with van der Waals surface area (Å²) >= 11 is -0.562. The molecule has 0 rings (SSSR count). The predicted molar refractivity (Wildman–Crippen MR) is 34.9 cm³/mol. The van der Waals surface area contributed by atoms with Crippen LogP contribution in [0, 0.1) is 6.57 Å². The minimum Gasteiger partial charge on any atom is -0.316 e. The van der Waals surface area contributed by atoms with Crippen LogP contribution in [0.5, 0.6) is 0 Å². The van der Waals surface area contributed by atoms with E-state index < -0.39 is 28.9 Å². The number of halogens is 5. The van der Waals surface area contributed by atoms with E-state index in [1.165, 1.54) is 0 Å². The Morgan fingerprint density at radius 2 is 1.67 bits per heavy atom. The smallest absolute Gasteiger partial charge is 0.316 e. The average molecular weight is 205 g/mol. The van der Waals surface area contributed by atoms with Crippen molar-refractivity contribution in [2.75, 3.05) is 12.3 Å². The van der Waals surface area contributed by atoms with Crippen LogP contribution >= 0.6 is 11.8 Å². The van der Waals surface area contributed by atoms with Crippen LogP contribution in [0.15, 0.2) is 0 Å². The second-order valence-electron chi connectivity index (χ2n) is 1.74. The van der Waals surface area contributed by atoms with Crippen LogP contribution in [0.2, 0.25) is 0 Å². The van der Waals surface area contributed by atoms with Crippen LogP contribution in [0.1, 0.15) is 0 Å². The normalized spacial score (nSPS) is 12.7. The molecule has 0 aromatic carbocycles. The van der Waals surface area contributed by atoms with Crippen LogP contribution in [-0.4, -0.2) is 23.7 Å². The van der Waals surface area contributed by atoms with E-state index in [2.05, 4.69) is 4.85 Å². The van der Waals surface area contributed by atoms with Gasteiger partial charge in [0.25, 0.3) is 0 Å². The summed E-state index contributed by atoms with van der Waals surface area (Å²) < 4.78 is 58.2. The van der Waals surface area contributed by atoms with Crippen molar-refractivity contribution in [3.63, 3.8) is 0 Å². The first-order chi connectivity index (χ1) is 5.31. The molecule has 0 unspecified atom stereocenters. The van der Waals surface area contributed by atoms with Gasteiger partial charge in [-0.25, -0.2) is 6.57 Å². The Labute approximate surface area is 69.8 Å². The van der Waals surface area contributed by atoms with Crippen LogP contribution in [0.3, 0.4) is 0 Å². The van der Waals surface area contributed by atoms with Gasteiger partial charge in [0.2, 0.25) is 6.54 Å². The first kappa shape index (κ1) is 11.5. The number of alkyl halides is 5.